The fourth-order valence-electron chi connectivity index (χ4n) is 2.85. The van der Waals surface area contributed by atoms with Crippen LogP contribution in [-0.2, 0) is 10.0 Å². The maximum absolute atomic E-state index is 12.5. The molecule has 0 bridgehead atoms. The highest BCUT2D eigenvalue weighted by molar-refractivity contribution is 7.89. The Labute approximate surface area is 158 Å². The van der Waals surface area contributed by atoms with Gasteiger partial charge < -0.3 is 5.32 Å². The van der Waals surface area contributed by atoms with E-state index in [2.05, 4.69) is 10.3 Å². The molecule has 0 unspecified atom stereocenters. The summed E-state index contributed by atoms with van der Waals surface area (Å²) in [5, 5.41) is 4.37. The van der Waals surface area contributed by atoms with E-state index in [0.717, 1.165) is 18.4 Å². The molecule has 0 spiro atoms. The van der Waals surface area contributed by atoms with Crippen LogP contribution in [0.3, 0.4) is 0 Å². The van der Waals surface area contributed by atoms with E-state index in [1.54, 1.807) is 24.3 Å². The van der Waals surface area contributed by atoms with Crippen molar-refractivity contribution in [2.45, 2.75) is 30.7 Å². The van der Waals surface area contributed by atoms with Crippen molar-refractivity contribution >= 4 is 39.0 Å². The van der Waals surface area contributed by atoms with Crippen LogP contribution in [-0.4, -0.2) is 30.8 Å². The number of hydrogen-bond acceptors (Lipinski definition) is 4. The smallest absolute Gasteiger partial charge is 0.244 e. The van der Waals surface area contributed by atoms with Crippen LogP contribution in [0.1, 0.15) is 31.4 Å². The zero-order valence-corrected chi connectivity index (χ0v) is 16.1. The van der Waals surface area contributed by atoms with Gasteiger partial charge in [-0.15, -0.1) is 0 Å². The van der Waals surface area contributed by atoms with E-state index in [-0.39, 0.29) is 10.9 Å². The zero-order valence-electron chi connectivity index (χ0n) is 13.7. The molecule has 0 saturated carbocycles. The summed E-state index contributed by atoms with van der Waals surface area (Å²) in [6.07, 6.45) is 3.21. The van der Waals surface area contributed by atoms with E-state index in [0.29, 0.717) is 29.0 Å². The molecule has 0 amide bonds. The van der Waals surface area contributed by atoms with E-state index in [1.165, 1.54) is 10.5 Å². The molecule has 0 radical (unpaired) electrons. The third-order valence-corrected chi connectivity index (χ3v) is 6.68. The number of benzene rings is 1. The zero-order chi connectivity index (χ0) is 18.0. The third kappa shape index (κ3) is 4.08. The molecule has 1 aliphatic rings. The molecule has 25 heavy (non-hydrogen) atoms. The van der Waals surface area contributed by atoms with Gasteiger partial charge in [0.05, 0.1) is 6.04 Å². The van der Waals surface area contributed by atoms with Gasteiger partial charge in [-0.1, -0.05) is 29.3 Å². The molecule has 134 valence electrons. The second-order valence-electron chi connectivity index (χ2n) is 6.02. The molecule has 5 nitrogen and oxygen atoms in total. The maximum atomic E-state index is 12.5. The first-order valence-corrected chi connectivity index (χ1v) is 10.3. The van der Waals surface area contributed by atoms with Crippen LogP contribution in [0.5, 0.6) is 0 Å². The SMILES string of the molecule is C[C@H](Nc1ccc(S(=O)(=O)N2CCCC2)cn1)c1ccc(Cl)cc1Cl. The summed E-state index contributed by atoms with van der Waals surface area (Å²) in [5.41, 5.74) is 0.890. The summed E-state index contributed by atoms with van der Waals surface area (Å²) in [7, 11) is -3.44. The molecule has 1 saturated heterocycles. The Kier molecular flexibility index (Phi) is 5.53. The molecule has 1 atom stereocenters. The van der Waals surface area contributed by atoms with Crippen molar-refractivity contribution in [3.63, 3.8) is 0 Å². The predicted octanol–water partition coefficient (Wildman–Crippen LogP) is 4.35. The van der Waals surface area contributed by atoms with Gasteiger partial charge in [-0.05, 0) is 49.6 Å². The van der Waals surface area contributed by atoms with E-state index < -0.39 is 10.0 Å². The number of sulfonamides is 1. The lowest BCUT2D eigenvalue weighted by molar-refractivity contribution is 0.477. The number of anilines is 1. The summed E-state index contributed by atoms with van der Waals surface area (Å²) < 4.78 is 26.5. The van der Waals surface area contributed by atoms with E-state index in [4.69, 9.17) is 23.2 Å². The fourth-order valence-corrected chi connectivity index (χ4v) is 4.88. The Morgan fingerprint density at radius 2 is 1.88 bits per heavy atom. The van der Waals surface area contributed by atoms with Crippen molar-refractivity contribution in [2.75, 3.05) is 18.4 Å². The molecule has 0 aliphatic carbocycles. The second kappa shape index (κ2) is 7.50. The molecule has 2 aromatic rings. The first-order chi connectivity index (χ1) is 11.9. The number of aromatic nitrogens is 1. The largest absolute Gasteiger partial charge is 0.363 e. The number of hydrogen-bond donors (Lipinski definition) is 1. The van der Waals surface area contributed by atoms with E-state index >= 15 is 0 Å². The summed E-state index contributed by atoms with van der Waals surface area (Å²) in [6, 6.07) is 8.48. The molecule has 1 N–H and O–H groups in total. The monoisotopic (exact) mass is 399 g/mol. The Morgan fingerprint density at radius 1 is 1.16 bits per heavy atom. The number of halogens is 2. The maximum Gasteiger partial charge on any atom is 0.244 e. The fraction of sp³-hybridized carbons (Fsp3) is 0.353. The van der Waals surface area contributed by atoms with Gasteiger partial charge in [-0.25, -0.2) is 13.4 Å². The molecular formula is C17H19Cl2N3O2S. The Hall–Kier alpha value is -1.34. The highest BCUT2D eigenvalue weighted by atomic mass is 35.5. The number of rotatable bonds is 5. The molecule has 1 aromatic heterocycles. The first kappa shape index (κ1) is 18.5. The lowest BCUT2D eigenvalue weighted by Gasteiger charge is -2.18. The predicted molar refractivity (Wildman–Crippen MR) is 101 cm³/mol. The van der Waals surface area contributed by atoms with E-state index in [9.17, 15) is 8.42 Å². The Bertz CT molecular complexity index is 851. The highest BCUT2D eigenvalue weighted by Gasteiger charge is 2.27. The van der Waals surface area contributed by atoms with Crippen molar-refractivity contribution in [3.05, 3.63) is 52.1 Å². The van der Waals surface area contributed by atoms with Gasteiger partial charge in [-0.3, -0.25) is 0 Å². The van der Waals surface area contributed by atoms with Crippen molar-refractivity contribution in [3.8, 4) is 0 Å². The standard InChI is InChI=1S/C17H19Cl2N3O2S/c1-12(15-6-4-13(18)10-16(15)19)21-17-7-5-14(11-20-17)25(23,24)22-8-2-3-9-22/h4-7,10-12H,2-3,8-9H2,1H3,(H,20,21)/t12-/m0/s1. The normalized spacial score (nSPS) is 16.8. The van der Waals surface area contributed by atoms with Crippen molar-refractivity contribution in [2.24, 2.45) is 0 Å². The van der Waals surface area contributed by atoms with Crippen LogP contribution >= 0.6 is 23.2 Å². The van der Waals surface area contributed by atoms with Gasteiger partial charge in [0.25, 0.3) is 0 Å². The molecule has 2 heterocycles. The number of nitrogens with zero attached hydrogens (tertiary/aromatic N) is 2. The van der Waals surface area contributed by atoms with Gasteiger partial charge in [0.1, 0.15) is 10.7 Å². The minimum Gasteiger partial charge on any atom is -0.363 e. The number of pyridine rings is 1. The quantitative estimate of drug-likeness (QED) is 0.811. The second-order valence-corrected chi connectivity index (χ2v) is 8.80. The summed E-state index contributed by atoms with van der Waals surface area (Å²) >= 11 is 12.1. The van der Waals surface area contributed by atoms with Crippen LogP contribution in [0.2, 0.25) is 10.0 Å². The van der Waals surface area contributed by atoms with Crippen LogP contribution in [0.15, 0.2) is 41.4 Å². The molecular weight excluding hydrogens is 381 g/mol. The minimum atomic E-state index is -3.44. The minimum absolute atomic E-state index is 0.0988. The van der Waals surface area contributed by atoms with Crippen LogP contribution in [0.4, 0.5) is 5.82 Å². The lowest BCUT2D eigenvalue weighted by Crippen LogP contribution is -2.27. The molecule has 1 fully saturated rings. The number of nitrogens with one attached hydrogen (secondary N) is 1. The topological polar surface area (TPSA) is 62.3 Å². The Morgan fingerprint density at radius 3 is 2.48 bits per heavy atom. The van der Waals surface area contributed by atoms with Crippen molar-refractivity contribution in [1.29, 1.82) is 0 Å². The average molecular weight is 400 g/mol. The third-order valence-electron chi connectivity index (χ3n) is 4.23. The molecule has 3 rings (SSSR count). The summed E-state index contributed by atoms with van der Waals surface area (Å²) in [5.74, 6) is 0.582. The van der Waals surface area contributed by atoms with Crippen LogP contribution in [0.25, 0.3) is 0 Å². The van der Waals surface area contributed by atoms with Gasteiger partial charge >= 0.3 is 0 Å². The Balaban J connectivity index is 1.74. The first-order valence-electron chi connectivity index (χ1n) is 8.05. The summed E-state index contributed by atoms with van der Waals surface area (Å²) in [4.78, 5) is 4.46. The van der Waals surface area contributed by atoms with Gasteiger partial charge in [0, 0.05) is 29.3 Å². The van der Waals surface area contributed by atoms with Crippen LogP contribution in [0, 0.1) is 0 Å². The molecule has 8 heteroatoms. The van der Waals surface area contributed by atoms with E-state index in [1.807, 2.05) is 13.0 Å². The average Bonchev–Trinajstić information content (AvgIpc) is 3.10. The van der Waals surface area contributed by atoms with Gasteiger partial charge in [0.2, 0.25) is 10.0 Å². The van der Waals surface area contributed by atoms with Crippen molar-refractivity contribution < 1.29 is 8.42 Å². The molecule has 1 aliphatic heterocycles. The molecule has 1 aromatic carbocycles. The highest BCUT2D eigenvalue weighted by Crippen LogP contribution is 2.28. The van der Waals surface area contributed by atoms with Gasteiger partial charge in [-0.2, -0.15) is 4.31 Å². The van der Waals surface area contributed by atoms with Crippen LogP contribution < -0.4 is 5.32 Å². The van der Waals surface area contributed by atoms with Crippen molar-refractivity contribution in [1.82, 2.24) is 9.29 Å². The summed E-state index contributed by atoms with van der Waals surface area (Å²) in [6.45, 7) is 3.11. The van der Waals surface area contributed by atoms with Gasteiger partial charge in [0.15, 0.2) is 0 Å². The lowest BCUT2D eigenvalue weighted by atomic mass is 10.1.